The molecule has 0 fully saturated rings. The van der Waals surface area contributed by atoms with Gasteiger partial charge in [-0.1, -0.05) is 32.0 Å². The average molecular weight is 337 g/mol. The summed E-state index contributed by atoms with van der Waals surface area (Å²) in [5, 5.41) is 0. The number of sulfonamides is 1. The molecule has 23 heavy (non-hydrogen) atoms. The van der Waals surface area contributed by atoms with E-state index in [1.165, 1.54) is 24.3 Å². The first kappa shape index (κ1) is 17.3. The molecular weight excluding hydrogens is 317 g/mol. The summed E-state index contributed by atoms with van der Waals surface area (Å²) < 4.78 is 45.0. The van der Waals surface area contributed by atoms with Gasteiger partial charge in [-0.05, 0) is 41.8 Å². The van der Waals surface area contributed by atoms with Crippen LogP contribution in [-0.4, -0.2) is 20.8 Å². The third-order valence-corrected chi connectivity index (χ3v) is 4.52. The van der Waals surface area contributed by atoms with Gasteiger partial charge in [0.05, 0.1) is 5.69 Å². The summed E-state index contributed by atoms with van der Waals surface area (Å²) in [4.78, 5) is 0. The molecule has 0 aromatic heterocycles. The molecule has 0 unspecified atom stereocenters. The molecule has 0 saturated carbocycles. The van der Waals surface area contributed by atoms with Gasteiger partial charge in [0.25, 0.3) is 0 Å². The van der Waals surface area contributed by atoms with Crippen molar-refractivity contribution in [2.24, 2.45) is 0 Å². The highest BCUT2D eigenvalue weighted by molar-refractivity contribution is 7.92. The highest BCUT2D eigenvalue weighted by Crippen LogP contribution is 2.24. The van der Waals surface area contributed by atoms with Gasteiger partial charge in [-0.25, -0.2) is 12.8 Å². The fourth-order valence-corrected chi connectivity index (χ4v) is 3.04. The smallest absolute Gasteiger partial charge is 0.236 e. The van der Waals surface area contributed by atoms with E-state index < -0.39 is 10.0 Å². The number of halogens is 1. The zero-order valence-electron chi connectivity index (χ0n) is 13.1. The minimum Gasteiger partial charge on any atom is -0.492 e. The van der Waals surface area contributed by atoms with E-state index in [1.807, 2.05) is 26.0 Å². The van der Waals surface area contributed by atoms with Crippen molar-refractivity contribution in [1.82, 2.24) is 0 Å². The number of anilines is 1. The van der Waals surface area contributed by atoms with Crippen molar-refractivity contribution in [3.63, 3.8) is 0 Å². The van der Waals surface area contributed by atoms with Crippen LogP contribution in [-0.2, 0) is 10.0 Å². The van der Waals surface area contributed by atoms with Gasteiger partial charge in [-0.2, -0.15) is 0 Å². The summed E-state index contributed by atoms with van der Waals surface area (Å²) in [5.41, 5.74) is 1.53. The van der Waals surface area contributed by atoms with Crippen LogP contribution in [0.15, 0.2) is 48.5 Å². The molecule has 0 atom stereocenters. The van der Waals surface area contributed by atoms with Gasteiger partial charge >= 0.3 is 0 Å². The Hall–Kier alpha value is -2.08. The van der Waals surface area contributed by atoms with Crippen LogP contribution < -0.4 is 9.46 Å². The van der Waals surface area contributed by atoms with Gasteiger partial charge < -0.3 is 4.74 Å². The summed E-state index contributed by atoms with van der Waals surface area (Å²) in [6.07, 6.45) is 0. The maximum atomic E-state index is 12.8. The molecule has 0 amide bonds. The number of nitrogens with one attached hydrogen (secondary N) is 1. The Labute approximate surface area is 136 Å². The van der Waals surface area contributed by atoms with Crippen molar-refractivity contribution >= 4 is 15.7 Å². The second-order valence-corrected chi connectivity index (χ2v) is 7.31. The van der Waals surface area contributed by atoms with Gasteiger partial charge in [-0.15, -0.1) is 0 Å². The van der Waals surface area contributed by atoms with E-state index in [0.29, 0.717) is 11.4 Å². The van der Waals surface area contributed by atoms with E-state index in [1.54, 1.807) is 12.1 Å². The normalized spacial score (nSPS) is 11.5. The number of para-hydroxylation sites is 1. The van der Waals surface area contributed by atoms with Crippen LogP contribution >= 0.6 is 0 Å². The van der Waals surface area contributed by atoms with Gasteiger partial charge in [-0.3, -0.25) is 4.72 Å². The molecule has 0 aliphatic heterocycles. The Morgan fingerprint density at radius 3 is 2.39 bits per heavy atom. The van der Waals surface area contributed by atoms with E-state index in [2.05, 4.69) is 4.72 Å². The molecule has 0 aliphatic rings. The highest BCUT2D eigenvalue weighted by Gasteiger charge is 2.14. The summed E-state index contributed by atoms with van der Waals surface area (Å²) in [6.45, 7) is 4.00. The first-order chi connectivity index (χ1) is 10.9. The minimum atomic E-state index is -3.52. The molecular formula is C17H20FNO3S. The predicted octanol–water partition coefficient (Wildman–Crippen LogP) is 3.77. The van der Waals surface area contributed by atoms with E-state index in [9.17, 15) is 12.8 Å². The van der Waals surface area contributed by atoms with Gasteiger partial charge in [0.2, 0.25) is 10.0 Å². The van der Waals surface area contributed by atoms with Crippen LogP contribution in [0.4, 0.5) is 10.1 Å². The molecule has 2 aromatic rings. The fraction of sp³-hybridized carbons (Fsp3) is 0.294. The maximum absolute atomic E-state index is 12.8. The van der Waals surface area contributed by atoms with Gasteiger partial charge in [0, 0.05) is 0 Å². The standard InChI is InChI=1S/C17H20FNO3S/c1-13(2)16-5-3-4-6-17(16)19-23(20,21)12-11-22-15-9-7-14(18)8-10-15/h3-10,13,19H,11-12H2,1-2H3. The lowest BCUT2D eigenvalue weighted by atomic mass is 10.0. The molecule has 2 aromatic carbocycles. The Balaban J connectivity index is 1.96. The van der Waals surface area contributed by atoms with Crippen molar-refractivity contribution in [3.05, 3.63) is 59.9 Å². The number of benzene rings is 2. The quantitative estimate of drug-likeness (QED) is 0.837. The van der Waals surface area contributed by atoms with E-state index >= 15 is 0 Å². The molecule has 6 heteroatoms. The lowest BCUT2D eigenvalue weighted by molar-refractivity contribution is 0.340. The number of hydrogen-bond acceptors (Lipinski definition) is 3. The second kappa shape index (κ2) is 7.46. The Morgan fingerprint density at radius 1 is 1.09 bits per heavy atom. The largest absolute Gasteiger partial charge is 0.492 e. The summed E-state index contributed by atoms with van der Waals surface area (Å²) in [5.74, 6) is 0.0991. The third kappa shape index (κ3) is 5.25. The second-order valence-electron chi connectivity index (χ2n) is 5.47. The zero-order valence-corrected chi connectivity index (χ0v) is 13.9. The molecule has 0 bridgehead atoms. The molecule has 0 heterocycles. The summed E-state index contributed by atoms with van der Waals surface area (Å²) in [7, 11) is -3.52. The van der Waals surface area contributed by atoms with Crippen LogP contribution in [0, 0.1) is 5.82 Å². The van der Waals surface area contributed by atoms with Crippen LogP contribution in [0.1, 0.15) is 25.3 Å². The van der Waals surface area contributed by atoms with Gasteiger partial charge in [0.15, 0.2) is 0 Å². The molecule has 0 aliphatic carbocycles. The van der Waals surface area contributed by atoms with Crippen molar-refractivity contribution in [2.75, 3.05) is 17.1 Å². The Bertz CT molecular complexity index is 743. The van der Waals surface area contributed by atoms with E-state index in [-0.39, 0.29) is 24.1 Å². The van der Waals surface area contributed by atoms with Crippen LogP contribution in [0.3, 0.4) is 0 Å². The summed E-state index contributed by atoms with van der Waals surface area (Å²) >= 11 is 0. The van der Waals surface area contributed by atoms with Gasteiger partial charge in [0.1, 0.15) is 23.9 Å². The molecule has 0 spiro atoms. The number of ether oxygens (including phenoxy) is 1. The Morgan fingerprint density at radius 2 is 1.74 bits per heavy atom. The molecule has 124 valence electrons. The first-order valence-corrected chi connectivity index (χ1v) is 9.00. The SMILES string of the molecule is CC(C)c1ccccc1NS(=O)(=O)CCOc1ccc(F)cc1. The first-order valence-electron chi connectivity index (χ1n) is 7.35. The topological polar surface area (TPSA) is 55.4 Å². The van der Waals surface area contributed by atoms with E-state index in [4.69, 9.17) is 4.74 Å². The maximum Gasteiger partial charge on any atom is 0.236 e. The number of rotatable bonds is 7. The highest BCUT2D eigenvalue weighted by atomic mass is 32.2. The minimum absolute atomic E-state index is 0.00912. The van der Waals surface area contributed by atoms with Crippen molar-refractivity contribution in [2.45, 2.75) is 19.8 Å². The van der Waals surface area contributed by atoms with Crippen LogP contribution in [0.5, 0.6) is 5.75 Å². The molecule has 0 radical (unpaired) electrons. The Kier molecular flexibility index (Phi) is 5.60. The fourth-order valence-electron chi connectivity index (χ4n) is 2.11. The van der Waals surface area contributed by atoms with Crippen molar-refractivity contribution in [3.8, 4) is 5.75 Å². The monoisotopic (exact) mass is 337 g/mol. The zero-order chi connectivity index (χ0) is 16.9. The third-order valence-electron chi connectivity index (χ3n) is 3.28. The van der Waals surface area contributed by atoms with E-state index in [0.717, 1.165) is 5.56 Å². The molecule has 4 nitrogen and oxygen atoms in total. The lowest BCUT2D eigenvalue weighted by Crippen LogP contribution is -2.22. The molecule has 0 saturated heterocycles. The molecule has 1 N–H and O–H groups in total. The van der Waals surface area contributed by atoms with Crippen molar-refractivity contribution in [1.29, 1.82) is 0 Å². The lowest BCUT2D eigenvalue weighted by Gasteiger charge is -2.15. The average Bonchev–Trinajstić information content (AvgIpc) is 2.49. The van der Waals surface area contributed by atoms with Crippen molar-refractivity contribution < 1.29 is 17.5 Å². The summed E-state index contributed by atoms with van der Waals surface area (Å²) in [6, 6.07) is 12.8. The number of hydrogen-bond donors (Lipinski definition) is 1. The van der Waals surface area contributed by atoms with Crippen LogP contribution in [0.25, 0.3) is 0 Å². The molecule has 2 rings (SSSR count). The van der Waals surface area contributed by atoms with Crippen LogP contribution in [0.2, 0.25) is 0 Å². The predicted molar refractivity (Wildman–Crippen MR) is 89.8 cm³/mol.